The summed E-state index contributed by atoms with van der Waals surface area (Å²) in [5.41, 5.74) is 0.336. The second-order valence-electron chi connectivity index (χ2n) is 3.98. The second kappa shape index (κ2) is 4.05. The molecule has 1 N–H and O–H groups in total. The van der Waals surface area contributed by atoms with Gasteiger partial charge in [0.15, 0.2) is 0 Å². The molecule has 1 aromatic heterocycles. The van der Waals surface area contributed by atoms with Crippen LogP contribution in [-0.4, -0.2) is 57.9 Å². The van der Waals surface area contributed by atoms with Crippen LogP contribution in [0.25, 0.3) is 5.70 Å². The predicted molar refractivity (Wildman–Crippen MR) is 61.7 cm³/mol. The average molecular weight is 289 g/mol. The first-order valence-electron chi connectivity index (χ1n) is 6.66. The van der Waals surface area contributed by atoms with Crippen LogP contribution in [0.2, 0.25) is 0 Å². The normalized spacial score (nSPS) is 25.1. The van der Waals surface area contributed by atoms with Gasteiger partial charge in [-0.05, 0) is 12.1 Å². The summed E-state index contributed by atoms with van der Waals surface area (Å²) < 4.78 is 58.2. The van der Waals surface area contributed by atoms with Crippen molar-refractivity contribution in [1.82, 2.24) is 19.7 Å². The lowest BCUT2D eigenvalue weighted by molar-refractivity contribution is -0.0183. The summed E-state index contributed by atoms with van der Waals surface area (Å²) in [5, 5.41) is 4.24. The number of hydroxylamine groups is 2. The molecule has 10 heteroatoms. The molecule has 2 aliphatic rings. The van der Waals surface area contributed by atoms with Crippen molar-refractivity contribution in [1.29, 1.82) is 0 Å². The van der Waals surface area contributed by atoms with Gasteiger partial charge in [-0.15, -0.1) is 4.28 Å². The SMILES string of the molecule is [2H]c1nn(C2=CC3CN(C2)C(=O)N3OS(=O)(=O)O)c([2H])c1[2H]. The molecule has 3 heterocycles. The van der Waals surface area contributed by atoms with E-state index in [1.54, 1.807) is 0 Å². The van der Waals surface area contributed by atoms with Crippen molar-refractivity contribution in [3.05, 3.63) is 24.5 Å². The quantitative estimate of drug-likeness (QED) is 0.758. The number of fused-ring (bicyclic) bond motifs is 2. The van der Waals surface area contributed by atoms with Gasteiger partial charge in [0, 0.05) is 18.9 Å². The van der Waals surface area contributed by atoms with E-state index in [-0.39, 0.29) is 31.5 Å². The van der Waals surface area contributed by atoms with Crippen molar-refractivity contribution >= 4 is 22.1 Å². The third-order valence-corrected chi connectivity index (χ3v) is 3.07. The van der Waals surface area contributed by atoms with Gasteiger partial charge >= 0.3 is 16.4 Å². The zero-order valence-electron chi connectivity index (χ0n) is 12.3. The minimum absolute atomic E-state index is 0.00705. The Balaban J connectivity index is 1.96. The lowest BCUT2D eigenvalue weighted by Crippen LogP contribution is -2.35. The van der Waals surface area contributed by atoms with E-state index in [0.29, 0.717) is 10.8 Å². The smallest absolute Gasteiger partial charge is 0.314 e. The highest BCUT2D eigenvalue weighted by Crippen LogP contribution is 2.26. The molecule has 102 valence electrons. The first-order chi connectivity index (χ1) is 10.2. The molecule has 19 heavy (non-hydrogen) atoms. The zero-order chi connectivity index (χ0) is 16.2. The third kappa shape index (κ3) is 2.20. The van der Waals surface area contributed by atoms with Gasteiger partial charge in [0.2, 0.25) is 0 Å². The standard InChI is InChI=1S/C9H10N4O5S/c14-9-11-5-7(12-3-1-2-10-12)4-8(6-11)13(9)18-19(15,16)17/h1-4,8H,5-6H2,(H,15,16,17)/i1D,2D,3D. The molecule has 1 unspecified atom stereocenters. The van der Waals surface area contributed by atoms with Crippen LogP contribution in [0.3, 0.4) is 0 Å². The Morgan fingerprint density at radius 3 is 3.00 bits per heavy atom. The average Bonchev–Trinajstić information content (AvgIpc) is 2.80. The van der Waals surface area contributed by atoms with Crippen LogP contribution in [0, 0.1) is 0 Å². The van der Waals surface area contributed by atoms with Gasteiger partial charge in [0.05, 0.1) is 16.4 Å². The molecule has 1 aromatic rings. The summed E-state index contributed by atoms with van der Waals surface area (Å²) in [6.07, 6.45) is 0.751. The Kier molecular flexibility index (Phi) is 1.93. The molecule has 0 radical (unpaired) electrons. The van der Waals surface area contributed by atoms with Crippen molar-refractivity contribution in [2.75, 3.05) is 13.1 Å². The number of urea groups is 1. The number of carbonyl (C=O) groups is 1. The molecule has 2 bridgehead atoms. The highest BCUT2D eigenvalue weighted by Gasteiger charge is 2.43. The number of hydrogen-bond donors (Lipinski definition) is 1. The van der Waals surface area contributed by atoms with Crippen LogP contribution < -0.4 is 0 Å². The van der Waals surface area contributed by atoms with Gasteiger partial charge in [-0.2, -0.15) is 18.6 Å². The second-order valence-corrected chi connectivity index (χ2v) is 4.98. The summed E-state index contributed by atoms with van der Waals surface area (Å²) in [6.45, 7) is 0.154. The van der Waals surface area contributed by atoms with Crippen LogP contribution in [0.5, 0.6) is 0 Å². The van der Waals surface area contributed by atoms with Gasteiger partial charge in [-0.1, -0.05) is 0 Å². The topological polar surface area (TPSA) is 105 Å². The van der Waals surface area contributed by atoms with E-state index in [2.05, 4.69) is 9.38 Å². The molecule has 1 atom stereocenters. The molecular formula is C9H10N4O5S. The Morgan fingerprint density at radius 1 is 1.58 bits per heavy atom. The number of nitrogens with zero attached hydrogens (tertiary/aromatic N) is 4. The van der Waals surface area contributed by atoms with Gasteiger partial charge in [0.25, 0.3) is 0 Å². The minimum atomic E-state index is -4.84. The van der Waals surface area contributed by atoms with Crippen molar-refractivity contribution in [2.45, 2.75) is 6.04 Å². The fourth-order valence-electron chi connectivity index (χ4n) is 2.02. The summed E-state index contributed by atoms with van der Waals surface area (Å²) in [5.74, 6) is 0. The summed E-state index contributed by atoms with van der Waals surface area (Å²) in [4.78, 5) is 13.2. The monoisotopic (exact) mass is 289 g/mol. The number of amides is 2. The predicted octanol–water partition coefficient (Wildman–Crippen LogP) is -0.422. The van der Waals surface area contributed by atoms with E-state index in [1.165, 1.54) is 11.0 Å². The number of carbonyl (C=O) groups excluding carboxylic acids is 1. The molecular weight excluding hydrogens is 276 g/mol. The van der Waals surface area contributed by atoms with Gasteiger partial charge in [-0.3, -0.25) is 4.55 Å². The molecule has 1 fully saturated rings. The largest absolute Gasteiger partial charge is 0.418 e. The van der Waals surface area contributed by atoms with Crippen LogP contribution in [-0.2, 0) is 14.7 Å². The molecule has 1 saturated heterocycles. The lowest BCUT2D eigenvalue weighted by Gasteiger charge is -2.20. The van der Waals surface area contributed by atoms with Gasteiger partial charge in [-0.25, -0.2) is 9.48 Å². The summed E-state index contributed by atoms with van der Waals surface area (Å²) in [6, 6.07) is -1.92. The van der Waals surface area contributed by atoms with E-state index >= 15 is 0 Å². The zero-order valence-corrected chi connectivity index (χ0v) is 10.2. The first kappa shape index (κ1) is 9.07. The van der Waals surface area contributed by atoms with E-state index < -0.39 is 22.5 Å². The maximum absolute atomic E-state index is 12.0. The molecule has 0 aromatic carbocycles. The van der Waals surface area contributed by atoms with E-state index in [1.807, 2.05) is 0 Å². The van der Waals surface area contributed by atoms with Crippen LogP contribution in [0.1, 0.15) is 4.11 Å². The summed E-state index contributed by atoms with van der Waals surface area (Å²) >= 11 is 0. The maximum Gasteiger partial charge on any atom is 0.418 e. The first-order valence-corrected chi connectivity index (χ1v) is 6.53. The molecule has 9 nitrogen and oxygen atoms in total. The Hall–Kier alpha value is -1.91. The number of rotatable bonds is 3. The van der Waals surface area contributed by atoms with E-state index in [0.717, 1.165) is 4.68 Å². The number of hydrogen-bond acceptors (Lipinski definition) is 5. The molecule has 0 spiro atoms. The molecule has 2 amide bonds. The van der Waals surface area contributed by atoms with Crippen molar-refractivity contribution in [2.24, 2.45) is 0 Å². The van der Waals surface area contributed by atoms with Crippen LogP contribution >= 0.6 is 0 Å². The fraction of sp³-hybridized carbons (Fsp3) is 0.333. The van der Waals surface area contributed by atoms with Crippen LogP contribution in [0.15, 0.2) is 24.5 Å². The highest BCUT2D eigenvalue weighted by atomic mass is 32.3. The maximum atomic E-state index is 12.0. The van der Waals surface area contributed by atoms with Crippen molar-refractivity contribution in [3.63, 3.8) is 0 Å². The highest BCUT2D eigenvalue weighted by molar-refractivity contribution is 7.80. The summed E-state index contributed by atoms with van der Waals surface area (Å²) in [7, 11) is -4.84. The van der Waals surface area contributed by atoms with E-state index in [9.17, 15) is 13.2 Å². The minimum Gasteiger partial charge on any atom is -0.314 e. The Morgan fingerprint density at radius 2 is 2.37 bits per heavy atom. The van der Waals surface area contributed by atoms with Crippen LogP contribution in [0.4, 0.5) is 4.79 Å². The molecule has 2 aliphatic heterocycles. The number of aromatic nitrogens is 2. The van der Waals surface area contributed by atoms with Gasteiger partial charge in [0.1, 0.15) is 6.04 Å². The third-order valence-electron chi connectivity index (χ3n) is 2.72. The van der Waals surface area contributed by atoms with E-state index in [4.69, 9.17) is 8.67 Å². The van der Waals surface area contributed by atoms with Gasteiger partial charge < -0.3 is 4.90 Å². The van der Waals surface area contributed by atoms with Crippen molar-refractivity contribution in [3.8, 4) is 0 Å². The van der Waals surface area contributed by atoms with Crippen molar-refractivity contribution < 1.29 is 26.2 Å². The fourth-order valence-corrected chi connectivity index (χ4v) is 2.40. The Bertz CT molecular complexity index is 791. The Labute approximate surface area is 112 Å². The molecule has 0 aliphatic carbocycles. The molecule has 0 saturated carbocycles. The lowest BCUT2D eigenvalue weighted by atomic mass is 10.2. The molecule has 3 rings (SSSR count).